The molecule has 6 nitrogen and oxygen atoms in total. The van der Waals surface area contributed by atoms with Gasteiger partial charge in [0.2, 0.25) is 5.91 Å². The highest BCUT2D eigenvalue weighted by Gasteiger charge is 2.21. The maximum Gasteiger partial charge on any atom is 0.251 e. The van der Waals surface area contributed by atoms with E-state index in [0.29, 0.717) is 25.1 Å². The molecular formula is C17H22N2O4. The lowest BCUT2D eigenvalue weighted by Crippen LogP contribution is -2.38. The zero-order valence-electron chi connectivity index (χ0n) is 13.0. The second-order valence-corrected chi connectivity index (χ2v) is 5.98. The van der Waals surface area contributed by atoms with Gasteiger partial charge in [-0.25, -0.2) is 0 Å². The molecule has 2 N–H and O–H groups in total. The van der Waals surface area contributed by atoms with Crippen molar-refractivity contribution >= 4 is 11.8 Å². The van der Waals surface area contributed by atoms with Crippen LogP contribution in [0.3, 0.4) is 0 Å². The van der Waals surface area contributed by atoms with Crippen molar-refractivity contribution in [3.63, 3.8) is 0 Å². The molecule has 2 amide bonds. The molecule has 0 aliphatic carbocycles. The fourth-order valence-electron chi connectivity index (χ4n) is 2.82. The third-order valence-corrected chi connectivity index (χ3v) is 4.17. The van der Waals surface area contributed by atoms with E-state index in [1.54, 1.807) is 24.3 Å². The Morgan fingerprint density at radius 3 is 2.78 bits per heavy atom. The van der Waals surface area contributed by atoms with Gasteiger partial charge in [0.15, 0.2) is 0 Å². The van der Waals surface area contributed by atoms with Crippen molar-refractivity contribution in [1.82, 2.24) is 10.6 Å². The summed E-state index contributed by atoms with van der Waals surface area (Å²) in [5.74, 6) is 0.647. The summed E-state index contributed by atoms with van der Waals surface area (Å²) in [7, 11) is 0. The number of nitrogens with one attached hydrogen (secondary N) is 2. The van der Waals surface area contributed by atoms with E-state index in [9.17, 15) is 9.59 Å². The Balaban J connectivity index is 1.44. The Morgan fingerprint density at radius 2 is 2.13 bits per heavy atom. The molecule has 2 aliphatic rings. The predicted molar refractivity (Wildman–Crippen MR) is 84.4 cm³/mol. The normalized spacial score (nSPS) is 23.6. The van der Waals surface area contributed by atoms with Gasteiger partial charge in [-0.15, -0.1) is 0 Å². The molecule has 124 valence electrons. The van der Waals surface area contributed by atoms with E-state index in [1.165, 1.54) is 0 Å². The largest absolute Gasteiger partial charge is 0.491 e. The minimum Gasteiger partial charge on any atom is -0.491 e. The van der Waals surface area contributed by atoms with Crippen LogP contribution >= 0.6 is 0 Å². The van der Waals surface area contributed by atoms with Crippen molar-refractivity contribution in [1.29, 1.82) is 0 Å². The summed E-state index contributed by atoms with van der Waals surface area (Å²) in [6, 6.07) is 7.11. The Bertz CT molecular complexity index is 552. The summed E-state index contributed by atoms with van der Waals surface area (Å²) in [5.41, 5.74) is 0.582. The van der Waals surface area contributed by atoms with Gasteiger partial charge in [0.05, 0.1) is 6.10 Å². The van der Waals surface area contributed by atoms with Crippen LogP contribution in [0.1, 0.15) is 36.0 Å². The summed E-state index contributed by atoms with van der Waals surface area (Å²) in [6.45, 7) is 1.82. The van der Waals surface area contributed by atoms with Crippen LogP contribution in [0.25, 0.3) is 0 Å². The quantitative estimate of drug-likeness (QED) is 0.828. The monoisotopic (exact) mass is 318 g/mol. The summed E-state index contributed by atoms with van der Waals surface area (Å²) in [4.78, 5) is 23.2. The van der Waals surface area contributed by atoms with Crippen molar-refractivity contribution in [3.05, 3.63) is 29.8 Å². The van der Waals surface area contributed by atoms with Crippen LogP contribution < -0.4 is 15.4 Å². The van der Waals surface area contributed by atoms with Gasteiger partial charge in [0.1, 0.15) is 12.4 Å². The molecule has 2 fully saturated rings. The molecule has 2 aliphatic heterocycles. The van der Waals surface area contributed by atoms with E-state index in [1.807, 2.05) is 0 Å². The van der Waals surface area contributed by atoms with Crippen molar-refractivity contribution in [2.24, 2.45) is 0 Å². The topological polar surface area (TPSA) is 76.7 Å². The molecule has 1 aromatic rings. The highest BCUT2D eigenvalue weighted by molar-refractivity contribution is 5.94. The molecule has 0 spiro atoms. The highest BCUT2D eigenvalue weighted by Crippen LogP contribution is 2.16. The van der Waals surface area contributed by atoms with Crippen molar-refractivity contribution in [3.8, 4) is 5.75 Å². The van der Waals surface area contributed by atoms with E-state index in [-0.39, 0.29) is 24.0 Å². The first-order chi connectivity index (χ1) is 11.2. The van der Waals surface area contributed by atoms with Crippen molar-refractivity contribution in [2.75, 3.05) is 19.8 Å². The summed E-state index contributed by atoms with van der Waals surface area (Å²) < 4.78 is 11.2. The molecule has 0 unspecified atom stereocenters. The van der Waals surface area contributed by atoms with Gasteiger partial charge in [-0.2, -0.15) is 0 Å². The van der Waals surface area contributed by atoms with Crippen molar-refractivity contribution in [2.45, 2.75) is 37.8 Å². The number of rotatable bonds is 6. The first kappa shape index (κ1) is 15.8. The Labute approximate surface area is 135 Å². The fourth-order valence-corrected chi connectivity index (χ4v) is 2.82. The van der Waals surface area contributed by atoms with Crippen LogP contribution in [-0.2, 0) is 9.53 Å². The summed E-state index contributed by atoms with van der Waals surface area (Å²) >= 11 is 0. The predicted octanol–water partition coefficient (Wildman–Crippen LogP) is 1.25. The minimum absolute atomic E-state index is 0.0421. The lowest BCUT2D eigenvalue weighted by atomic mass is 10.2. The molecule has 1 aromatic carbocycles. The molecule has 0 radical (unpaired) electrons. The Kier molecular flexibility index (Phi) is 5.12. The average Bonchev–Trinajstić information content (AvgIpc) is 3.22. The van der Waals surface area contributed by atoms with Crippen LogP contribution in [-0.4, -0.2) is 43.7 Å². The molecule has 6 heteroatoms. The second kappa shape index (κ2) is 7.46. The second-order valence-electron chi connectivity index (χ2n) is 5.98. The standard InChI is InChI=1S/C17H22N2O4/c20-16-8-5-13(19-16)10-18-17(21)12-3-6-14(7-4-12)23-11-15-2-1-9-22-15/h3-4,6-7,13,15H,1-2,5,8-11H2,(H,18,21)(H,19,20)/t13-,15+/m0/s1. The lowest BCUT2D eigenvalue weighted by molar-refractivity contribution is -0.119. The zero-order chi connectivity index (χ0) is 16.1. The number of ether oxygens (including phenoxy) is 2. The molecule has 0 saturated carbocycles. The zero-order valence-corrected chi connectivity index (χ0v) is 13.0. The lowest BCUT2D eigenvalue weighted by Gasteiger charge is -2.13. The molecular weight excluding hydrogens is 296 g/mol. The fraction of sp³-hybridized carbons (Fsp3) is 0.529. The van der Waals surface area contributed by atoms with Crippen LogP contribution in [0, 0.1) is 0 Å². The van der Waals surface area contributed by atoms with Crippen molar-refractivity contribution < 1.29 is 19.1 Å². The van der Waals surface area contributed by atoms with Gasteiger partial charge in [-0.3, -0.25) is 9.59 Å². The number of benzene rings is 1. The van der Waals surface area contributed by atoms with E-state index in [0.717, 1.165) is 31.6 Å². The number of hydrogen-bond acceptors (Lipinski definition) is 4. The third kappa shape index (κ3) is 4.45. The van der Waals surface area contributed by atoms with E-state index >= 15 is 0 Å². The van der Waals surface area contributed by atoms with Gasteiger partial charge >= 0.3 is 0 Å². The molecule has 2 saturated heterocycles. The smallest absolute Gasteiger partial charge is 0.251 e. The van der Waals surface area contributed by atoms with E-state index < -0.39 is 0 Å². The molecule has 0 bridgehead atoms. The first-order valence-electron chi connectivity index (χ1n) is 8.13. The molecule has 3 rings (SSSR count). The molecule has 2 atom stereocenters. The molecule has 23 heavy (non-hydrogen) atoms. The summed E-state index contributed by atoms with van der Waals surface area (Å²) in [6.07, 6.45) is 3.62. The maximum absolute atomic E-state index is 12.1. The first-order valence-corrected chi connectivity index (χ1v) is 8.13. The van der Waals surface area contributed by atoms with E-state index in [2.05, 4.69) is 10.6 Å². The van der Waals surface area contributed by atoms with Crippen LogP contribution in [0.15, 0.2) is 24.3 Å². The molecule has 0 aromatic heterocycles. The molecule has 2 heterocycles. The van der Waals surface area contributed by atoms with E-state index in [4.69, 9.17) is 9.47 Å². The summed E-state index contributed by atoms with van der Waals surface area (Å²) in [5, 5.41) is 5.67. The Hall–Kier alpha value is -2.08. The number of carbonyl (C=O) groups excluding carboxylic acids is 2. The van der Waals surface area contributed by atoms with Crippen LogP contribution in [0.5, 0.6) is 5.75 Å². The minimum atomic E-state index is -0.142. The average molecular weight is 318 g/mol. The van der Waals surface area contributed by atoms with Gasteiger partial charge in [-0.1, -0.05) is 0 Å². The SMILES string of the molecule is O=C1CC[C@@H](CNC(=O)c2ccc(OC[C@H]3CCCO3)cc2)N1. The van der Waals surface area contributed by atoms with Gasteiger partial charge in [0.25, 0.3) is 5.91 Å². The van der Waals surface area contributed by atoms with Gasteiger partial charge < -0.3 is 20.1 Å². The van der Waals surface area contributed by atoms with Gasteiger partial charge in [-0.05, 0) is 43.5 Å². The third-order valence-electron chi connectivity index (χ3n) is 4.17. The number of carbonyl (C=O) groups is 2. The number of amides is 2. The van der Waals surface area contributed by atoms with Crippen LogP contribution in [0.4, 0.5) is 0 Å². The number of hydrogen-bond donors (Lipinski definition) is 2. The highest BCUT2D eigenvalue weighted by atomic mass is 16.5. The Morgan fingerprint density at radius 1 is 1.30 bits per heavy atom. The van der Waals surface area contributed by atoms with Crippen LogP contribution in [0.2, 0.25) is 0 Å². The maximum atomic E-state index is 12.1. The van der Waals surface area contributed by atoms with Gasteiger partial charge in [0, 0.05) is 31.2 Å².